The van der Waals surface area contributed by atoms with Crippen LogP contribution >= 0.6 is 0 Å². The molecule has 0 aromatic carbocycles. The SMILES string of the molecule is CCNCC.CCOC(C)=O.CO. The monoisotopic (exact) mass is 193 g/mol. The van der Waals surface area contributed by atoms with Crippen LogP contribution in [0.4, 0.5) is 0 Å². The molecule has 0 heterocycles. The minimum absolute atomic E-state index is 0.211. The highest BCUT2D eigenvalue weighted by molar-refractivity contribution is 5.65. The molecule has 4 nitrogen and oxygen atoms in total. The lowest BCUT2D eigenvalue weighted by molar-refractivity contribution is -0.140. The van der Waals surface area contributed by atoms with Gasteiger partial charge in [-0.25, -0.2) is 0 Å². The minimum Gasteiger partial charge on any atom is -0.466 e. The van der Waals surface area contributed by atoms with Gasteiger partial charge in [0.15, 0.2) is 0 Å². The van der Waals surface area contributed by atoms with E-state index >= 15 is 0 Å². The molecular formula is C9H23NO3. The van der Waals surface area contributed by atoms with Gasteiger partial charge in [-0.2, -0.15) is 0 Å². The molecule has 82 valence electrons. The fourth-order valence-electron chi connectivity index (χ4n) is 0.453. The Bertz CT molecular complexity index is 84.9. The van der Waals surface area contributed by atoms with Crippen LogP contribution in [0.25, 0.3) is 0 Å². The zero-order chi connectivity index (χ0) is 11.1. The molecule has 0 saturated heterocycles. The summed E-state index contributed by atoms with van der Waals surface area (Å²) in [5.41, 5.74) is 0. The molecule has 0 aromatic heterocycles. The molecule has 13 heavy (non-hydrogen) atoms. The molecule has 0 aliphatic carbocycles. The van der Waals surface area contributed by atoms with E-state index in [1.807, 2.05) is 0 Å². The summed E-state index contributed by atoms with van der Waals surface area (Å²) in [7, 11) is 1.00. The van der Waals surface area contributed by atoms with Gasteiger partial charge in [-0.1, -0.05) is 13.8 Å². The van der Waals surface area contributed by atoms with E-state index in [1.54, 1.807) is 6.92 Å². The Balaban J connectivity index is -0.000000131. The minimum atomic E-state index is -0.211. The Labute approximate surface area is 81.3 Å². The van der Waals surface area contributed by atoms with E-state index in [0.29, 0.717) is 6.61 Å². The van der Waals surface area contributed by atoms with Crippen molar-refractivity contribution in [2.75, 3.05) is 26.8 Å². The quantitative estimate of drug-likeness (QED) is 0.651. The van der Waals surface area contributed by atoms with Crippen LogP contribution in [0.1, 0.15) is 27.7 Å². The van der Waals surface area contributed by atoms with Crippen molar-refractivity contribution in [3.63, 3.8) is 0 Å². The molecule has 0 unspecified atom stereocenters. The average Bonchev–Trinajstić information content (AvgIpc) is 2.10. The van der Waals surface area contributed by atoms with E-state index in [1.165, 1.54) is 6.92 Å². The van der Waals surface area contributed by atoms with E-state index < -0.39 is 0 Å². The number of aliphatic hydroxyl groups is 1. The van der Waals surface area contributed by atoms with Crippen molar-refractivity contribution >= 4 is 5.97 Å². The molecule has 4 heteroatoms. The van der Waals surface area contributed by atoms with Crippen LogP contribution in [0.5, 0.6) is 0 Å². The van der Waals surface area contributed by atoms with Crippen LogP contribution < -0.4 is 5.32 Å². The number of hydrogen-bond acceptors (Lipinski definition) is 4. The first-order chi connectivity index (χ1) is 6.18. The summed E-state index contributed by atoms with van der Waals surface area (Å²) in [4.78, 5) is 9.82. The number of ether oxygens (including phenoxy) is 1. The Morgan fingerprint density at radius 3 is 1.62 bits per heavy atom. The van der Waals surface area contributed by atoms with Gasteiger partial charge in [-0.05, 0) is 20.0 Å². The van der Waals surface area contributed by atoms with Crippen LogP contribution in [0.2, 0.25) is 0 Å². The van der Waals surface area contributed by atoms with Crippen molar-refractivity contribution < 1.29 is 14.6 Å². The van der Waals surface area contributed by atoms with Gasteiger partial charge < -0.3 is 15.2 Å². The number of aliphatic hydroxyl groups excluding tert-OH is 1. The predicted octanol–water partition coefficient (Wildman–Crippen LogP) is 0.794. The molecular weight excluding hydrogens is 170 g/mol. The highest BCUT2D eigenvalue weighted by Gasteiger charge is 1.81. The Morgan fingerprint density at radius 2 is 1.62 bits per heavy atom. The third-order valence-corrected chi connectivity index (χ3v) is 0.848. The number of carbonyl (C=O) groups is 1. The van der Waals surface area contributed by atoms with Crippen molar-refractivity contribution in [2.45, 2.75) is 27.7 Å². The molecule has 0 amide bonds. The topological polar surface area (TPSA) is 58.6 Å². The maximum atomic E-state index is 9.82. The maximum absolute atomic E-state index is 9.82. The summed E-state index contributed by atoms with van der Waals surface area (Å²) in [6.07, 6.45) is 0. The lowest BCUT2D eigenvalue weighted by atomic mass is 10.7. The van der Waals surface area contributed by atoms with E-state index in [0.717, 1.165) is 20.2 Å². The standard InChI is InChI=1S/C4H11N.C4H8O2.CH4O/c1-3-5-4-2;1-3-6-4(2)5;1-2/h5H,3-4H2,1-2H3;3H2,1-2H3;2H,1H3. The summed E-state index contributed by atoms with van der Waals surface area (Å²) in [6.45, 7) is 10.0. The summed E-state index contributed by atoms with van der Waals surface area (Å²) >= 11 is 0. The van der Waals surface area contributed by atoms with Crippen LogP contribution in [0, 0.1) is 0 Å². The molecule has 0 aliphatic heterocycles. The number of carbonyl (C=O) groups excluding carboxylic acids is 1. The van der Waals surface area contributed by atoms with Gasteiger partial charge in [0, 0.05) is 14.0 Å². The zero-order valence-electron chi connectivity index (χ0n) is 9.39. The first-order valence-corrected chi connectivity index (χ1v) is 4.47. The number of hydrogen-bond donors (Lipinski definition) is 2. The van der Waals surface area contributed by atoms with Gasteiger partial charge in [-0.15, -0.1) is 0 Å². The summed E-state index contributed by atoms with van der Waals surface area (Å²) in [5.74, 6) is -0.211. The molecule has 0 saturated carbocycles. The molecule has 0 spiro atoms. The van der Waals surface area contributed by atoms with Gasteiger partial charge in [0.2, 0.25) is 0 Å². The van der Waals surface area contributed by atoms with E-state index in [4.69, 9.17) is 5.11 Å². The first-order valence-electron chi connectivity index (χ1n) is 4.47. The molecule has 0 atom stereocenters. The van der Waals surface area contributed by atoms with Gasteiger partial charge >= 0.3 is 5.97 Å². The fraction of sp³-hybridized carbons (Fsp3) is 0.889. The summed E-state index contributed by atoms with van der Waals surface area (Å²) in [6, 6.07) is 0. The predicted molar refractivity (Wildman–Crippen MR) is 54.7 cm³/mol. The number of nitrogens with one attached hydrogen (secondary N) is 1. The number of rotatable bonds is 3. The third-order valence-electron chi connectivity index (χ3n) is 0.848. The van der Waals surface area contributed by atoms with Crippen molar-refractivity contribution in [1.29, 1.82) is 0 Å². The molecule has 0 bridgehead atoms. The Morgan fingerprint density at radius 1 is 1.23 bits per heavy atom. The van der Waals surface area contributed by atoms with Gasteiger partial charge in [0.05, 0.1) is 6.61 Å². The molecule has 0 aromatic rings. The van der Waals surface area contributed by atoms with E-state index in [9.17, 15) is 4.79 Å². The summed E-state index contributed by atoms with van der Waals surface area (Å²) < 4.78 is 4.40. The van der Waals surface area contributed by atoms with Crippen molar-refractivity contribution in [1.82, 2.24) is 5.32 Å². The van der Waals surface area contributed by atoms with Crippen LogP contribution in [-0.4, -0.2) is 37.9 Å². The molecule has 2 N–H and O–H groups in total. The van der Waals surface area contributed by atoms with Gasteiger partial charge in [-0.3, -0.25) is 4.79 Å². The van der Waals surface area contributed by atoms with Crippen molar-refractivity contribution in [3.8, 4) is 0 Å². The smallest absolute Gasteiger partial charge is 0.302 e. The van der Waals surface area contributed by atoms with Gasteiger partial charge in [0.25, 0.3) is 0 Å². The first kappa shape index (κ1) is 18.2. The second-order valence-electron chi connectivity index (χ2n) is 1.88. The lowest BCUT2D eigenvalue weighted by Crippen LogP contribution is -2.09. The Kier molecular flexibility index (Phi) is 31.6. The number of esters is 1. The molecule has 0 fully saturated rings. The normalized spacial score (nSPS) is 7.23. The highest BCUT2D eigenvalue weighted by Crippen LogP contribution is 1.69. The highest BCUT2D eigenvalue weighted by atomic mass is 16.5. The molecule has 0 radical (unpaired) electrons. The lowest BCUT2D eigenvalue weighted by Gasteiger charge is -1.89. The van der Waals surface area contributed by atoms with Crippen molar-refractivity contribution in [3.05, 3.63) is 0 Å². The maximum Gasteiger partial charge on any atom is 0.302 e. The van der Waals surface area contributed by atoms with Crippen LogP contribution in [-0.2, 0) is 9.53 Å². The van der Waals surface area contributed by atoms with Gasteiger partial charge in [0.1, 0.15) is 0 Å². The van der Waals surface area contributed by atoms with Crippen LogP contribution in [0.15, 0.2) is 0 Å². The zero-order valence-corrected chi connectivity index (χ0v) is 9.39. The van der Waals surface area contributed by atoms with Crippen molar-refractivity contribution in [2.24, 2.45) is 0 Å². The molecule has 0 aliphatic rings. The van der Waals surface area contributed by atoms with E-state index in [2.05, 4.69) is 23.9 Å². The third kappa shape index (κ3) is 52.1. The second-order valence-corrected chi connectivity index (χ2v) is 1.88. The average molecular weight is 193 g/mol. The fourth-order valence-corrected chi connectivity index (χ4v) is 0.453. The van der Waals surface area contributed by atoms with Crippen LogP contribution in [0.3, 0.4) is 0 Å². The molecule has 0 rings (SSSR count). The second kappa shape index (κ2) is 22.5. The van der Waals surface area contributed by atoms with E-state index in [-0.39, 0.29) is 5.97 Å². The summed E-state index contributed by atoms with van der Waals surface area (Å²) in [5, 5.41) is 10.1. The largest absolute Gasteiger partial charge is 0.466 e. The Hall–Kier alpha value is -0.610.